The van der Waals surface area contributed by atoms with Gasteiger partial charge >= 0.3 is 0 Å². The number of nitrogens with zero attached hydrogens (tertiary/aromatic N) is 3. The van der Waals surface area contributed by atoms with Gasteiger partial charge in [0.1, 0.15) is 0 Å². The van der Waals surface area contributed by atoms with Crippen LogP contribution in [0.4, 0.5) is 0 Å². The van der Waals surface area contributed by atoms with Crippen molar-refractivity contribution in [3.05, 3.63) is 53.3 Å². The van der Waals surface area contributed by atoms with Gasteiger partial charge in [0.2, 0.25) is 0 Å². The van der Waals surface area contributed by atoms with Gasteiger partial charge in [-0.15, -0.1) is 5.10 Å². The number of hydrogen-bond acceptors (Lipinski definition) is 5. The van der Waals surface area contributed by atoms with Gasteiger partial charge < -0.3 is 5.73 Å². The summed E-state index contributed by atoms with van der Waals surface area (Å²) < 4.78 is 3.84. The maximum Gasteiger partial charge on any atom is 0.0968 e. The standard InChI is InChI=1S/C12H10N4S/c13-12(11-7-17-16-15-11)10-6-14-5-8-3-1-2-4-9(8)10/h1-7,12H,13H2. The Labute approximate surface area is 102 Å². The Balaban J connectivity index is 2.17. The van der Waals surface area contributed by atoms with Crippen LogP contribution in [0.3, 0.4) is 0 Å². The molecule has 0 saturated carbocycles. The second kappa shape index (κ2) is 4.20. The predicted molar refractivity (Wildman–Crippen MR) is 67.7 cm³/mol. The zero-order chi connectivity index (χ0) is 11.7. The maximum atomic E-state index is 6.19. The second-order valence-corrected chi connectivity index (χ2v) is 4.37. The van der Waals surface area contributed by atoms with Crippen molar-refractivity contribution in [3.63, 3.8) is 0 Å². The van der Waals surface area contributed by atoms with Gasteiger partial charge in [0.25, 0.3) is 0 Å². The van der Waals surface area contributed by atoms with Gasteiger partial charge in [-0.2, -0.15) is 0 Å². The molecule has 0 aliphatic carbocycles. The summed E-state index contributed by atoms with van der Waals surface area (Å²) in [5.41, 5.74) is 7.96. The SMILES string of the molecule is NC(c1csnn1)c1cncc2ccccc12. The molecule has 4 nitrogen and oxygen atoms in total. The topological polar surface area (TPSA) is 64.7 Å². The third-order valence-electron chi connectivity index (χ3n) is 2.73. The minimum Gasteiger partial charge on any atom is -0.319 e. The van der Waals surface area contributed by atoms with Gasteiger partial charge in [-0.1, -0.05) is 28.8 Å². The number of aromatic nitrogens is 3. The van der Waals surface area contributed by atoms with Crippen molar-refractivity contribution in [2.24, 2.45) is 5.73 Å². The van der Waals surface area contributed by atoms with E-state index in [0.29, 0.717) is 0 Å². The van der Waals surface area contributed by atoms with Crippen LogP contribution in [0.15, 0.2) is 42.0 Å². The Hall–Kier alpha value is -1.85. The van der Waals surface area contributed by atoms with Crippen molar-refractivity contribution < 1.29 is 0 Å². The maximum absolute atomic E-state index is 6.19. The normalized spacial score (nSPS) is 12.8. The molecule has 2 heterocycles. The highest BCUT2D eigenvalue weighted by atomic mass is 32.1. The molecule has 84 valence electrons. The number of rotatable bonds is 2. The first-order valence-corrected chi connectivity index (χ1v) is 6.05. The third kappa shape index (κ3) is 1.79. The monoisotopic (exact) mass is 242 g/mol. The molecule has 0 amide bonds. The highest BCUT2D eigenvalue weighted by Crippen LogP contribution is 2.25. The Kier molecular flexibility index (Phi) is 2.55. The quantitative estimate of drug-likeness (QED) is 0.747. The van der Waals surface area contributed by atoms with E-state index in [4.69, 9.17) is 5.73 Å². The summed E-state index contributed by atoms with van der Waals surface area (Å²) in [7, 11) is 0. The fourth-order valence-electron chi connectivity index (χ4n) is 1.85. The minimum atomic E-state index is -0.271. The molecule has 3 aromatic rings. The number of hydrogen-bond donors (Lipinski definition) is 1. The number of nitrogens with two attached hydrogens (primary N) is 1. The average Bonchev–Trinajstić information content (AvgIpc) is 2.91. The lowest BCUT2D eigenvalue weighted by molar-refractivity contribution is 0.820. The van der Waals surface area contributed by atoms with Crippen molar-refractivity contribution in [2.45, 2.75) is 6.04 Å². The molecule has 0 radical (unpaired) electrons. The summed E-state index contributed by atoms with van der Waals surface area (Å²) in [5, 5.41) is 8.08. The first-order chi connectivity index (χ1) is 8.36. The molecular weight excluding hydrogens is 232 g/mol. The highest BCUT2D eigenvalue weighted by Gasteiger charge is 2.14. The molecule has 2 N–H and O–H groups in total. The molecule has 2 aromatic heterocycles. The van der Waals surface area contributed by atoms with Crippen LogP contribution < -0.4 is 5.73 Å². The molecule has 0 aliphatic rings. The molecule has 1 atom stereocenters. The molecule has 0 bridgehead atoms. The summed E-state index contributed by atoms with van der Waals surface area (Å²) >= 11 is 1.31. The van der Waals surface area contributed by atoms with Gasteiger partial charge in [0, 0.05) is 28.7 Å². The molecule has 3 rings (SSSR count). The minimum absolute atomic E-state index is 0.271. The van der Waals surface area contributed by atoms with Crippen LogP contribution in [0, 0.1) is 0 Å². The van der Waals surface area contributed by atoms with Crippen molar-refractivity contribution in [1.82, 2.24) is 14.6 Å². The fraction of sp³-hybridized carbons (Fsp3) is 0.0833. The second-order valence-electron chi connectivity index (χ2n) is 3.76. The Morgan fingerprint density at radius 3 is 2.88 bits per heavy atom. The van der Waals surface area contributed by atoms with Crippen molar-refractivity contribution >= 4 is 22.3 Å². The van der Waals surface area contributed by atoms with E-state index in [9.17, 15) is 0 Å². The smallest absolute Gasteiger partial charge is 0.0968 e. The summed E-state index contributed by atoms with van der Waals surface area (Å²) in [6, 6.07) is 7.79. The third-order valence-corrected chi connectivity index (χ3v) is 3.25. The van der Waals surface area contributed by atoms with Crippen LogP contribution in [-0.4, -0.2) is 14.6 Å². The van der Waals surface area contributed by atoms with Gasteiger partial charge in [0.15, 0.2) is 0 Å². The lowest BCUT2D eigenvalue weighted by Crippen LogP contribution is -2.13. The highest BCUT2D eigenvalue weighted by molar-refractivity contribution is 7.03. The largest absolute Gasteiger partial charge is 0.319 e. The first kappa shape index (κ1) is 10.3. The number of pyridine rings is 1. The van der Waals surface area contributed by atoms with Crippen LogP contribution in [0.25, 0.3) is 10.8 Å². The molecular formula is C12H10N4S. The van der Waals surface area contributed by atoms with Crippen LogP contribution in [0.1, 0.15) is 17.3 Å². The fourth-order valence-corrected chi connectivity index (χ4v) is 2.34. The molecule has 5 heteroatoms. The molecule has 1 aromatic carbocycles. The molecule has 17 heavy (non-hydrogen) atoms. The Bertz CT molecular complexity index is 631. The Morgan fingerprint density at radius 1 is 1.18 bits per heavy atom. The zero-order valence-electron chi connectivity index (χ0n) is 8.95. The van der Waals surface area contributed by atoms with E-state index in [-0.39, 0.29) is 6.04 Å². The van der Waals surface area contributed by atoms with E-state index in [2.05, 4.69) is 14.6 Å². The van der Waals surface area contributed by atoms with Crippen LogP contribution in [0.2, 0.25) is 0 Å². The van der Waals surface area contributed by atoms with Crippen LogP contribution in [-0.2, 0) is 0 Å². The average molecular weight is 242 g/mol. The molecule has 0 spiro atoms. The van der Waals surface area contributed by atoms with E-state index in [1.54, 1.807) is 6.20 Å². The number of benzene rings is 1. The van der Waals surface area contributed by atoms with Crippen LogP contribution in [0.5, 0.6) is 0 Å². The first-order valence-electron chi connectivity index (χ1n) is 5.21. The van der Waals surface area contributed by atoms with E-state index < -0.39 is 0 Å². The van der Waals surface area contributed by atoms with Gasteiger partial charge in [-0.3, -0.25) is 4.98 Å². The Morgan fingerprint density at radius 2 is 2.06 bits per heavy atom. The molecule has 0 fully saturated rings. The van der Waals surface area contributed by atoms with E-state index in [1.165, 1.54) is 11.5 Å². The summed E-state index contributed by atoms with van der Waals surface area (Å²) in [6.07, 6.45) is 3.64. The molecule has 0 saturated heterocycles. The number of fused-ring (bicyclic) bond motifs is 1. The zero-order valence-corrected chi connectivity index (χ0v) is 9.76. The summed E-state index contributed by atoms with van der Waals surface area (Å²) in [5.74, 6) is 0. The molecule has 0 aliphatic heterocycles. The lowest BCUT2D eigenvalue weighted by atomic mass is 10.0. The summed E-state index contributed by atoms with van der Waals surface area (Å²) in [4.78, 5) is 4.22. The lowest BCUT2D eigenvalue weighted by Gasteiger charge is -2.11. The van der Waals surface area contributed by atoms with Gasteiger partial charge in [-0.05, 0) is 16.9 Å². The van der Waals surface area contributed by atoms with Gasteiger partial charge in [-0.25, -0.2) is 0 Å². The van der Waals surface area contributed by atoms with E-state index in [1.807, 2.05) is 35.8 Å². The van der Waals surface area contributed by atoms with Crippen LogP contribution >= 0.6 is 11.5 Å². The molecule has 1 unspecified atom stereocenters. The van der Waals surface area contributed by atoms with E-state index >= 15 is 0 Å². The van der Waals surface area contributed by atoms with Crippen molar-refractivity contribution in [1.29, 1.82) is 0 Å². The van der Waals surface area contributed by atoms with E-state index in [0.717, 1.165) is 22.0 Å². The summed E-state index contributed by atoms with van der Waals surface area (Å²) in [6.45, 7) is 0. The van der Waals surface area contributed by atoms with Crippen molar-refractivity contribution in [3.8, 4) is 0 Å². The van der Waals surface area contributed by atoms with Gasteiger partial charge in [0.05, 0.1) is 11.7 Å². The van der Waals surface area contributed by atoms with Crippen molar-refractivity contribution in [2.75, 3.05) is 0 Å². The predicted octanol–water partition coefficient (Wildman–Crippen LogP) is 2.13.